The summed E-state index contributed by atoms with van der Waals surface area (Å²) in [6.07, 6.45) is -4.70. The number of rotatable bonds is 2. The third-order valence-electron chi connectivity index (χ3n) is 5.15. The monoisotopic (exact) mass is 421 g/mol. The lowest BCUT2D eigenvalue weighted by Gasteiger charge is -2.21. The van der Waals surface area contributed by atoms with E-state index in [4.69, 9.17) is 0 Å². The number of aryl methyl sites for hydroxylation is 1. The quantitative estimate of drug-likeness (QED) is 0.604. The lowest BCUT2D eigenvalue weighted by molar-refractivity contribution is -0.137. The Morgan fingerprint density at radius 2 is 1.71 bits per heavy atom. The normalized spacial score (nSPS) is 17.8. The second-order valence-corrected chi connectivity index (χ2v) is 7.41. The van der Waals surface area contributed by atoms with E-state index in [2.05, 4.69) is 11.8 Å². The number of amides is 1. The van der Waals surface area contributed by atoms with Crippen molar-refractivity contribution >= 4 is 11.6 Å². The summed E-state index contributed by atoms with van der Waals surface area (Å²) in [5.74, 6) is 4.40. The number of alkyl halides is 3. The molecule has 0 saturated carbocycles. The van der Waals surface area contributed by atoms with Crippen molar-refractivity contribution in [1.82, 2.24) is 0 Å². The fourth-order valence-electron chi connectivity index (χ4n) is 3.69. The van der Waals surface area contributed by atoms with Crippen molar-refractivity contribution in [2.24, 2.45) is 0 Å². The molecular weight excluding hydrogens is 403 g/mol. The third-order valence-corrected chi connectivity index (χ3v) is 5.15. The molecule has 1 aliphatic rings. The van der Waals surface area contributed by atoms with Crippen LogP contribution in [-0.4, -0.2) is 11.0 Å². The Balaban J connectivity index is 1.87. The summed E-state index contributed by atoms with van der Waals surface area (Å²) in [5, 5.41) is 11.2. The van der Waals surface area contributed by atoms with E-state index < -0.39 is 23.2 Å². The Labute approximate surface area is 177 Å². The molecule has 1 atom stereocenters. The minimum absolute atomic E-state index is 0.117. The van der Waals surface area contributed by atoms with Gasteiger partial charge in [0.15, 0.2) is 0 Å². The topological polar surface area (TPSA) is 40.5 Å². The maximum absolute atomic E-state index is 13.8. The van der Waals surface area contributed by atoms with Crippen LogP contribution in [0.3, 0.4) is 0 Å². The van der Waals surface area contributed by atoms with E-state index in [1.54, 1.807) is 48.5 Å². The van der Waals surface area contributed by atoms with Gasteiger partial charge in [-0.15, -0.1) is 0 Å². The van der Waals surface area contributed by atoms with Gasteiger partial charge in [-0.25, -0.2) is 0 Å². The molecular formula is C25H18F3NO2. The highest BCUT2D eigenvalue weighted by Crippen LogP contribution is 2.47. The number of carbonyl (C=O) groups excluding carboxylic acids is 1. The molecule has 3 nitrogen and oxygen atoms in total. The molecule has 6 heteroatoms. The third kappa shape index (κ3) is 3.80. The smallest absolute Gasteiger partial charge is 0.366 e. The van der Waals surface area contributed by atoms with Gasteiger partial charge in [-0.1, -0.05) is 60.5 Å². The van der Waals surface area contributed by atoms with E-state index in [-0.39, 0.29) is 17.8 Å². The Hall–Kier alpha value is -3.56. The summed E-state index contributed by atoms with van der Waals surface area (Å²) >= 11 is 0. The zero-order chi connectivity index (χ0) is 22.2. The van der Waals surface area contributed by atoms with Crippen molar-refractivity contribution in [3.63, 3.8) is 0 Å². The molecule has 31 heavy (non-hydrogen) atoms. The molecule has 1 N–H and O–H groups in total. The minimum atomic E-state index is -4.70. The standard InChI is InChI=1S/C25H18F3NO2/c1-17-7-5-10-18(15-17)13-14-24(31)20-11-6-12-21(25(26,27)28)22(20)29(23(24)30)16-19-8-3-2-4-9-19/h2-12,15,31H,16H2,1H3/t24-/m0/s1. The molecule has 3 aromatic rings. The van der Waals surface area contributed by atoms with Gasteiger partial charge in [0, 0.05) is 11.1 Å². The molecule has 1 amide bonds. The summed E-state index contributed by atoms with van der Waals surface area (Å²) < 4.78 is 41.3. The highest BCUT2D eigenvalue weighted by atomic mass is 19.4. The summed E-state index contributed by atoms with van der Waals surface area (Å²) in [7, 11) is 0. The number of carbonyl (C=O) groups is 1. The van der Waals surface area contributed by atoms with E-state index in [0.717, 1.165) is 16.5 Å². The molecule has 0 spiro atoms. The van der Waals surface area contributed by atoms with Crippen LogP contribution in [0.25, 0.3) is 0 Å². The van der Waals surface area contributed by atoms with Gasteiger partial charge in [0.2, 0.25) is 5.60 Å². The molecule has 0 aromatic heterocycles. The maximum atomic E-state index is 13.8. The minimum Gasteiger partial charge on any atom is -0.366 e. The molecule has 1 heterocycles. The zero-order valence-corrected chi connectivity index (χ0v) is 16.6. The molecule has 0 radical (unpaired) electrons. The number of nitrogens with zero attached hydrogens (tertiary/aromatic N) is 1. The van der Waals surface area contributed by atoms with Crippen LogP contribution in [0.5, 0.6) is 0 Å². The van der Waals surface area contributed by atoms with Crippen LogP contribution in [0, 0.1) is 18.8 Å². The number of benzene rings is 3. The van der Waals surface area contributed by atoms with Gasteiger partial charge in [0.1, 0.15) is 0 Å². The first-order valence-corrected chi connectivity index (χ1v) is 9.59. The number of para-hydroxylation sites is 1. The highest BCUT2D eigenvalue weighted by Gasteiger charge is 2.52. The van der Waals surface area contributed by atoms with Gasteiger partial charge < -0.3 is 10.0 Å². The average Bonchev–Trinajstić information content (AvgIpc) is 2.95. The Morgan fingerprint density at radius 1 is 1.00 bits per heavy atom. The molecule has 1 aliphatic heterocycles. The average molecular weight is 421 g/mol. The number of fused-ring (bicyclic) bond motifs is 1. The number of anilines is 1. The van der Waals surface area contributed by atoms with E-state index in [1.165, 1.54) is 12.1 Å². The molecule has 0 unspecified atom stereocenters. The largest absolute Gasteiger partial charge is 0.418 e. The second-order valence-electron chi connectivity index (χ2n) is 7.41. The summed E-state index contributed by atoms with van der Waals surface area (Å²) in [6.45, 7) is 1.75. The SMILES string of the molecule is Cc1cccc(C#C[C@@]2(O)C(=O)N(Cc3ccccc3)c3c(C(F)(F)F)cccc32)c1. The predicted octanol–water partition coefficient (Wildman–Crippen LogP) is 4.80. The lowest BCUT2D eigenvalue weighted by Crippen LogP contribution is -2.39. The van der Waals surface area contributed by atoms with Gasteiger partial charge >= 0.3 is 6.18 Å². The zero-order valence-electron chi connectivity index (χ0n) is 16.6. The highest BCUT2D eigenvalue weighted by molar-refractivity contribution is 6.09. The van der Waals surface area contributed by atoms with Crippen LogP contribution < -0.4 is 4.90 Å². The van der Waals surface area contributed by atoms with Gasteiger partial charge in [-0.3, -0.25) is 4.79 Å². The first-order valence-electron chi connectivity index (χ1n) is 9.59. The van der Waals surface area contributed by atoms with Crippen molar-refractivity contribution in [3.8, 4) is 11.8 Å². The second kappa shape index (κ2) is 7.60. The van der Waals surface area contributed by atoms with E-state index in [0.29, 0.717) is 11.1 Å². The summed E-state index contributed by atoms with van der Waals surface area (Å²) in [4.78, 5) is 14.2. The van der Waals surface area contributed by atoms with E-state index in [1.807, 2.05) is 13.0 Å². The van der Waals surface area contributed by atoms with Crippen LogP contribution in [0.15, 0.2) is 72.8 Å². The first-order chi connectivity index (χ1) is 14.7. The van der Waals surface area contributed by atoms with Gasteiger partial charge in [-0.2, -0.15) is 13.2 Å². The molecule has 0 bridgehead atoms. The predicted molar refractivity (Wildman–Crippen MR) is 111 cm³/mol. The van der Waals surface area contributed by atoms with Crippen molar-refractivity contribution in [1.29, 1.82) is 0 Å². The van der Waals surface area contributed by atoms with Crippen LogP contribution in [0.2, 0.25) is 0 Å². The van der Waals surface area contributed by atoms with Crippen molar-refractivity contribution in [3.05, 3.63) is 101 Å². The number of hydrogen-bond donors (Lipinski definition) is 1. The van der Waals surface area contributed by atoms with E-state index >= 15 is 0 Å². The van der Waals surface area contributed by atoms with Crippen molar-refractivity contribution in [2.75, 3.05) is 4.90 Å². The van der Waals surface area contributed by atoms with Crippen LogP contribution in [-0.2, 0) is 23.1 Å². The first kappa shape index (κ1) is 20.7. The molecule has 4 rings (SSSR count). The Bertz CT molecular complexity index is 1210. The molecule has 3 aromatic carbocycles. The van der Waals surface area contributed by atoms with Gasteiger partial charge in [0.05, 0.1) is 17.8 Å². The van der Waals surface area contributed by atoms with E-state index in [9.17, 15) is 23.1 Å². The van der Waals surface area contributed by atoms with Crippen LogP contribution in [0.4, 0.5) is 18.9 Å². The fraction of sp³-hybridized carbons (Fsp3) is 0.160. The fourth-order valence-corrected chi connectivity index (χ4v) is 3.69. The molecule has 0 saturated heterocycles. The Kier molecular flexibility index (Phi) is 5.08. The van der Waals surface area contributed by atoms with Crippen molar-refractivity contribution in [2.45, 2.75) is 25.2 Å². The van der Waals surface area contributed by atoms with Crippen molar-refractivity contribution < 1.29 is 23.1 Å². The summed E-state index contributed by atoms with van der Waals surface area (Å²) in [5.41, 5.74) is -1.77. The number of halogens is 3. The number of hydrogen-bond acceptors (Lipinski definition) is 2. The molecule has 156 valence electrons. The van der Waals surface area contributed by atoms with Gasteiger partial charge in [-0.05, 0) is 42.2 Å². The van der Waals surface area contributed by atoms with Crippen LogP contribution in [0.1, 0.15) is 27.8 Å². The summed E-state index contributed by atoms with van der Waals surface area (Å²) in [6, 6.07) is 19.2. The maximum Gasteiger partial charge on any atom is 0.418 e. The molecule has 0 fully saturated rings. The number of aliphatic hydroxyl groups is 1. The lowest BCUT2D eigenvalue weighted by atomic mass is 9.94. The van der Waals surface area contributed by atoms with Gasteiger partial charge in [0.25, 0.3) is 5.91 Å². The molecule has 0 aliphatic carbocycles. The van der Waals surface area contributed by atoms with Crippen LogP contribution >= 0.6 is 0 Å². The Morgan fingerprint density at radius 3 is 2.39 bits per heavy atom.